The minimum atomic E-state index is -0.528. The van der Waals surface area contributed by atoms with Crippen molar-refractivity contribution in [3.8, 4) is 0 Å². The highest BCUT2D eigenvalue weighted by atomic mass is 16.2. The fourth-order valence-electron chi connectivity index (χ4n) is 3.61. The third kappa shape index (κ3) is 1.79. The summed E-state index contributed by atoms with van der Waals surface area (Å²) in [6.45, 7) is 1.74. The Morgan fingerprint density at radius 2 is 1.65 bits per heavy atom. The maximum absolute atomic E-state index is 12.7. The Morgan fingerprint density at radius 1 is 1.05 bits per heavy atom. The molecule has 0 bridgehead atoms. The van der Waals surface area contributed by atoms with Crippen molar-refractivity contribution in [2.75, 3.05) is 27.2 Å². The second-order valence-electron chi connectivity index (χ2n) is 6.01. The Hall–Kier alpha value is -1.68. The molecule has 1 aromatic rings. The second kappa shape index (κ2) is 4.70. The molecule has 4 heteroatoms. The van der Waals surface area contributed by atoms with E-state index in [1.807, 2.05) is 30.3 Å². The third-order valence-corrected chi connectivity index (χ3v) is 4.87. The lowest BCUT2D eigenvalue weighted by molar-refractivity contribution is -0.140. The van der Waals surface area contributed by atoms with Crippen LogP contribution in [0.4, 0.5) is 0 Å². The molecule has 4 nitrogen and oxygen atoms in total. The van der Waals surface area contributed by atoms with Crippen LogP contribution in [0.5, 0.6) is 0 Å². The Labute approximate surface area is 119 Å². The van der Waals surface area contributed by atoms with E-state index in [1.54, 1.807) is 7.05 Å². The largest absolute Gasteiger partial charge is 0.306 e. The summed E-state index contributed by atoms with van der Waals surface area (Å²) in [6, 6.07) is 9.75. The van der Waals surface area contributed by atoms with Crippen LogP contribution in [0.3, 0.4) is 0 Å². The number of carbonyl (C=O) groups is 2. The number of amides is 2. The molecule has 0 N–H and O–H groups in total. The Kier molecular flexibility index (Phi) is 3.13. The first-order valence-corrected chi connectivity index (χ1v) is 7.12. The lowest BCUT2D eigenvalue weighted by Crippen LogP contribution is -2.44. The minimum Gasteiger partial charge on any atom is -0.306 e. The molecule has 20 heavy (non-hydrogen) atoms. The van der Waals surface area contributed by atoms with Gasteiger partial charge in [0.2, 0.25) is 11.8 Å². The molecule has 2 aliphatic heterocycles. The van der Waals surface area contributed by atoms with Gasteiger partial charge in [-0.15, -0.1) is 0 Å². The minimum absolute atomic E-state index is 0.00412. The van der Waals surface area contributed by atoms with Gasteiger partial charge in [-0.05, 0) is 38.5 Å². The highest BCUT2D eigenvalue weighted by molar-refractivity contribution is 6.09. The highest BCUT2D eigenvalue weighted by Gasteiger charge is 2.58. The summed E-state index contributed by atoms with van der Waals surface area (Å²) in [5.41, 5.74) is 0.444. The average molecular weight is 272 g/mol. The van der Waals surface area contributed by atoms with Gasteiger partial charge in [0.1, 0.15) is 0 Å². The first-order chi connectivity index (χ1) is 9.56. The number of imide groups is 1. The normalized spacial score (nSPS) is 26.5. The molecular formula is C16H20N2O2. The predicted octanol–water partition coefficient (Wildman–Crippen LogP) is 1.48. The lowest BCUT2D eigenvalue weighted by atomic mass is 9.67. The monoisotopic (exact) mass is 272 g/mol. The van der Waals surface area contributed by atoms with Crippen LogP contribution in [-0.4, -0.2) is 48.8 Å². The van der Waals surface area contributed by atoms with Crippen LogP contribution in [0.25, 0.3) is 0 Å². The third-order valence-electron chi connectivity index (χ3n) is 4.87. The molecular weight excluding hydrogens is 252 g/mol. The van der Waals surface area contributed by atoms with Gasteiger partial charge < -0.3 is 4.90 Å². The number of carbonyl (C=O) groups excluding carboxylic acids is 2. The number of nitrogens with zero attached hydrogens (tertiary/aromatic N) is 2. The van der Waals surface area contributed by atoms with Crippen molar-refractivity contribution in [3.63, 3.8) is 0 Å². The number of likely N-dealkylation sites (tertiary alicyclic amines) is 2. The van der Waals surface area contributed by atoms with Crippen molar-refractivity contribution in [1.29, 1.82) is 0 Å². The van der Waals surface area contributed by atoms with E-state index in [2.05, 4.69) is 11.9 Å². The van der Waals surface area contributed by atoms with E-state index in [-0.39, 0.29) is 17.7 Å². The molecule has 0 aliphatic carbocycles. The highest BCUT2D eigenvalue weighted by Crippen LogP contribution is 2.50. The van der Waals surface area contributed by atoms with E-state index in [0.717, 1.165) is 31.5 Å². The number of hydrogen-bond donors (Lipinski definition) is 0. The van der Waals surface area contributed by atoms with Crippen LogP contribution < -0.4 is 0 Å². The van der Waals surface area contributed by atoms with Gasteiger partial charge in [0.15, 0.2) is 0 Å². The summed E-state index contributed by atoms with van der Waals surface area (Å²) in [5, 5.41) is 0. The summed E-state index contributed by atoms with van der Waals surface area (Å²) < 4.78 is 0. The van der Waals surface area contributed by atoms with Crippen LogP contribution in [0.2, 0.25) is 0 Å². The van der Waals surface area contributed by atoms with Gasteiger partial charge >= 0.3 is 0 Å². The zero-order chi connectivity index (χ0) is 14.3. The Morgan fingerprint density at radius 3 is 2.25 bits per heavy atom. The topological polar surface area (TPSA) is 40.6 Å². The standard InChI is InChI=1S/C16H20N2O2/c1-17-10-8-16(9-11-17)13(12-6-4-3-5-7-12)14(19)18(2)15(16)20/h3-7,13H,8-11H2,1-2H3. The molecule has 1 unspecified atom stereocenters. The van der Waals surface area contributed by atoms with Gasteiger partial charge in [-0.25, -0.2) is 0 Å². The molecule has 0 aromatic heterocycles. The van der Waals surface area contributed by atoms with Crippen LogP contribution in [0, 0.1) is 5.41 Å². The van der Waals surface area contributed by atoms with Gasteiger partial charge in [-0.1, -0.05) is 30.3 Å². The van der Waals surface area contributed by atoms with Gasteiger partial charge in [0, 0.05) is 7.05 Å². The second-order valence-corrected chi connectivity index (χ2v) is 6.01. The molecule has 1 atom stereocenters. The predicted molar refractivity (Wildman–Crippen MR) is 76.1 cm³/mol. The molecule has 0 saturated carbocycles. The van der Waals surface area contributed by atoms with E-state index in [9.17, 15) is 9.59 Å². The molecule has 2 saturated heterocycles. The number of hydrogen-bond acceptors (Lipinski definition) is 3. The number of rotatable bonds is 1. The maximum atomic E-state index is 12.7. The SMILES string of the molecule is CN1CCC2(CC1)C(=O)N(C)C(=O)C2c1ccccc1. The average Bonchev–Trinajstić information content (AvgIpc) is 2.65. The summed E-state index contributed by atoms with van der Waals surface area (Å²) in [4.78, 5) is 28.8. The number of piperidine rings is 1. The first kappa shape index (κ1) is 13.3. The van der Waals surface area contributed by atoms with Crippen molar-refractivity contribution in [1.82, 2.24) is 9.80 Å². The Bertz CT molecular complexity index is 533. The van der Waals surface area contributed by atoms with E-state index >= 15 is 0 Å². The van der Waals surface area contributed by atoms with Crippen molar-refractivity contribution in [3.05, 3.63) is 35.9 Å². The maximum Gasteiger partial charge on any atom is 0.237 e. The molecule has 1 aromatic carbocycles. The van der Waals surface area contributed by atoms with E-state index in [0.29, 0.717) is 0 Å². The molecule has 106 valence electrons. The molecule has 2 heterocycles. The van der Waals surface area contributed by atoms with Gasteiger partial charge in [-0.2, -0.15) is 0 Å². The van der Waals surface area contributed by atoms with E-state index < -0.39 is 5.41 Å². The molecule has 2 aliphatic rings. The molecule has 0 radical (unpaired) electrons. The van der Waals surface area contributed by atoms with Crippen molar-refractivity contribution in [2.45, 2.75) is 18.8 Å². The first-order valence-electron chi connectivity index (χ1n) is 7.12. The number of benzene rings is 1. The van der Waals surface area contributed by atoms with Crippen molar-refractivity contribution in [2.24, 2.45) is 5.41 Å². The summed E-state index contributed by atoms with van der Waals surface area (Å²) in [5.74, 6) is -0.356. The fraction of sp³-hybridized carbons (Fsp3) is 0.500. The molecule has 2 fully saturated rings. The van der Waals surface area contributed by atoms with Crippen molar-refractivity contribution < 1.29 is 9.59 Å². The quantitative estimate of drug-likeness (QED) is 0.727. The summed E-state index contributed by atoms with van der Waals surface area (Å²) in [7, 11) is 3.68. The van der Waals surface area contributed by atoms with Gasteiger partial charge in [0.05, 0.1) is 11.3 Å². The molecule has 3 rings (SSSR count). The van der Waals surface area contributed by atoms with Crippen LogP contribution >= 0.6 is 0 Å². The molecule has 1 spiro atoms. The summed E-state index contributed by atoms with van der Waals surface area (Å²) in [6.07, 6.45) is 1.52. The zero-order valence-corrected chi connectivity index (χ0v) is 12.0. The zero-order valence-electron chi connectivity index (χ0n) is 12.0. The van der Waals surface area contributed by atoms with Crippen LogP contribution in [-0.2, 0) is 9.59 Å². The lowest BCUT2D eigenvalue weighted by Gasteiger charge is -2.39. The van der Waals surface area contributed by atoms with Crippen molar-refractivity contribution >= 4 is 11.8 Å². The van der Waals surface area contributed by atoms with E-state index in [4.69, 9.17) is 0 Å². The van der Waals surface area contributed by atoms with Gasteiger partial charge in [0.25, 0.3) is 0 Å². The summed E-state index contributed by atoms with van der Waals surface area (Å²) >= 11 is 0. The van der Waals surface area contributed by atoms with Crippen LogP contribution in [0.15, 0.2) is 30.3 Å². The fourth-order valence-corrected chi connectivity index (χ4v) is 3.61. The smallest absolute Gasteiger partial charge is 0.237 e. The Balaban J connectivity index is 2.05. The van der Waals surface area contributed by atoms with Crippen LogP contribution in [0.1, 0.15) is 24.3 Å². The number of likely N-dealkylation sites (N-methyl/N-ethyl adjacent to an activating group) is 1. The van der Waals surface area contributed by atoms with E-state index in [1.165, 1.54) is 4.90 Å². The van der Waals surface area contributed by atoms with Gasteiger partial charge in [-0.3, -0.25) is 14.5 Å². The molecule has 2 amide bonds.